The molecular weight excluding hydrogens is 355 g/mol. The van der Waals surface area contributed by atoms with Crippen molar-refractivity contribution in [2.24, 2.45) is 0 Å². The van der Waals surface area contributed by atoms with E-state index >= 15 is 0 Å². The molecule has 2 aromatic rings. The molecule has 0 amide bonds. The second-order valence-electron chi connectivity index (χ2n) is 5.48. The van der Waals surface area contributed by atoms with Crippen LogP contribution < -0.4 is 0 Å². The first kappa shape index (κ1) is 16.4. The quantitative estimate of drug-likeness (QED) is 0.681. The molecule has 0 saturated heterocycles. The maximum atomic E-state index is 13.1. The van der Waals surface area contributed by atoms with E-state index in [9.17, 15) is 4.39 Å². The third-order valence-electron chi connectivity index (χ3n) is 3.49. The molecule has 0 fully saturated rings. The molecule has 0 aliphatic carbocycles. The first-order chi connectivity index (χ1) is 9.86. The van der Waals surface area contributed by atoms with Gasteiger partial charge in [0.15, 0.2) is 0 Å². The van der Waals surface area contributed by atoms with E-state index in [-0.39, 0.29) is 5.82 Å². The standard InChI is InChI=1S/C16H17BrClFN2/c1-4-5-12-13(17)14(18)21-15(20-12)16(2,3)10-6-8-11(19)9-7-10/h6-9H,4-5H2,1-3H3. The van der Waals surface area contributed by atoms with Gasteiger partial charge in [0.25, 0.3) is 0 Å². The Morgan fingerprint density at radius 1 is 1.19 bits per heavy atom. The van der Waals surface area contributed by atoms with Crippen LogP contribution in [0.3, 0.4) is 0 Å². The van der Waals surface area contributed by atoms with E-state index in [1.165, 1.54) is 12.1 Å². The van der Waals surface area contributed by atoms with Crippen LogP contribution in [0.25, 0.3) is 0 Å². The number of benzene rings is 1. The minimum Gasteiger partial charge on any atom is -0.236 e. The van der Waals surface area contributed by atoms with Crippen molar-refractivity contribution in [1.82, 2.24) is 9.97 Å². The van der Waals surface area contributed by atoms with Crippen LogP contribution in [0.5, 0.6) is 0 Å². The molecule has 0 unspecified atom stereocenters. The highest BCUT2D eigenvalue weighted by Crippen LogP contribution is 2.33. The van der Waals surface area contributed by atoms with Gasteiger partial charge in [0, 0.05) is 5.41 Å². The maximum Gasteiger partial charge on any atom is 0.147 e. The number of aromatic nitrogens is 2. The third kappa shape index (κ3) is 3.43. The third-order valence-corrected chi connectivity index (χ3v) is 4.83. The molecule has 0 spiro atoms. The number of hydrogen-bond acceptors (Lipinski definition) is 2. The molecule has 5 heteroatoms. The van der Waals surface area contributed by atoms with Crippen LogP contribution in [-0.4, -0.2) is 9.97 Å². The SMILES string of the molecule is CCCc1nc(C(C)(C)c2ccc(F)cc2)nc(Cl)c1Br. The van der Waals surface area contributed by atoms with E-state index in [0.29, 0.717) is 11.0 Å². The van der Waals surface area contributed by atoms with Gasteiger partial charge in [-0.05, 0) is 53.9 Å². The Balaban J connectivity index is 2.51. The van der Waals surface area contributed by atoms with Crippen molar-refractivity contribution in [1.29, 1.82) is 0 Å². The summed E-state index contributed by atoms with van der Waals surface area (Å²) in [6, 6.07) is 6.41. The van der Waals surface area contributed by atoms with E-state index < -0.39 is 5.41 Å². The van der Waals surface area contributed by atoms with Crippen LogP contribution in [-0.2, 0) is 11.8 Å². The van der Waals surface area contributed by atoms with Gasteiger partial charge in [0.1, 0.15) is 16.8 Å². The van der Waals surface area contributed by atoms with Crippen molar-refractivity contribution < 1.29 is 4.39 Å². The van der Waals surface area contributed by atoms with Crippen LogP contribution in [0.1, 0.15) is 44.3 Å². The number of nitrogens with zero attached hydrogens (tertiary/aromatic N) is 2. The van der Waals surface area contributed by atoms with E-state index in [1.54, 1.807) is 12.1 Å². The molecule has 1 aromatic carbocycles. The van der Waals surface area contributed by atoms with Gasteiger partial charge in [-0.2, -0.15) is 0 Å². The predicted molar refractivity (Wildman–Crippen MR) is 87.3 cm³/mol. The Hall–Kier alpha value is -1.00. The zero-order chi connectivity index (χ0) is 15.6. The number of rotatable bonds is 4. The van der Waals surface area contributed by atoms with E-state index in [2.05, 4.69) is 32.8 Å². The lowest BCUT2D eigenvalue weighted by Crippen LogP contribution is -2.23. The first-order valence-electron chi connectivity index (χ1n) is 6.84. The van der Waals surface area contributed by atoms with E-state index in [0.717, 1.165) is 28.6 Å². The normalized spacial score (nSPS) is 11.7. The molecule has 0 saturated carbocycles. The van der Waals surface area contributed by atoms with E-state index in [4.69, 9.17) is 11.6 Å². The van der Waals surface area contributed by atoms with Gasteiger partial charge in [0.2, 0.25) is 0 Å². The maximum absolute atomic E-state index is 13.1. The Kier molecular flexibility index (Phi) is 4.99. The van der Waals surface area contributed by atoms with Crippen LogP contribution in [0, 0.1) is 5.82 Å². The molecule has 2 rings (SSSR count). The fourth-order valence-corrected chi connectivity index (χ4v) is 2.71. The van der Waals surface area contributed by atoms with Crippen LogP contribution in [0.4, 0.5) is 4.39 Å². The van der Waals surface area contributed by atoms with Crippen LogP contribution in [0.2, 0.25) is 5.15 Å². The highest BCUT2D eigenvalue weighted by Gasteiger charge is 2.28. The zero-order valence-corrected chi connectivity index (χ0v) is 14.6. The largest absolute Gasteiger partial charge is 0.236 e. The summed E-state index contributed by atoms with van der Waals surface area (Å²) in [6.45, 7) is 6.11. The average Bonchev–Trinajstić information content (AvgIpc) is 2.44. The van der Waals surface area contributed by atoms with Crippen molar-refractivity contribution in [3.8, 4) is 0 Å². The molecule has 2 nitrogen and oxygen atoms in total. The van der Waals surface area contributed by atoms with Gasteiger partial charge in [0.05, 0.1) is 10.2 Å². The summed E-state index contributed by atoms with van der Waals surface area (Å²) in [6.07, 6.45) is 1.80. The first-order valence-corrected chi connectivity index (χ1v) is 8.01. The fourth-order valence-electron chi connectivity index (χ4n) is 2.14. The Bertz CT molecular complexity index is 641. The van der Waals surface area contributed by atoms with Crippen molar-refractivity contribution >= 4 is 27.5 Å². The lowest BCUT2D eigenvalue weighted by molar-refractivity contribution is 0.577. The van der Waals surface area contributed by atoms with Gasteiger partial charge < -0.3 is 0 Å². The summed E-state index contributed by atoms with van der Waals surface area (Å²) in [4.78, 5) is 9.06. The van der Waals surface area contributed by atoms with Crippen molar-refractivity contribution in [3.05, 3.63) is 56.8 Å². The molecular formula is C16H17BrClFN2. The van der Waals surface area contributed by atoms with Crippen molar-refractivity contribution in [2.75, 3.05) is 0 Å². The Morgan fingerprint density at radius 2 is 1.81 bits per heavy atom. The molecule has 21 heavy (non-hydrogen) atoms. The summed E-state index contributed by atoms with van der Waals surface area (Å²) >= 11 is 9.66. The highest BCUT2D eigenvalue weighted by molar-refractivity contribution is 9.10. The van der Waals surface area contributed by atoms with Crippen molar-refractivity contribution in [3.63, 3.8) is 0 Å². The lowest BCUT2D eigenvalue weighted by atomic mass is 9.83. The summed E-state index contributed by atoms with van der Waals surface area (Å²) in [7, 11) is 0. The van der Waals surface area contributed by atoms with Crippen LogP contribution >= 0.6 is 27.5 Å². The smallest absolute Gasteiger partial charge is 0.147 e. The lowest BCUT2D eigenvalue weighted by Gasteiger charge is -2.24. The molecule has 0 bridgehead atoms. The number of halogens is 3. The summed E-state index contributed by atoms with van der Waals surface area (Å²) in [5.74, 6) is 0.390. The minimum absolute atomic E-state index is 0.254. The molecule has 0 aliphatic rings. The summed E-state index contributed by atoms with van der Waals surface area (Å²) in [5.41, 5.74) is 1.41. The van der Waals surface area contributed by atoms with Crippen molar-refractivity contribution in [2.45, 2.75) is 39.0 Å². The van der Waals surface area contributed by atoms with Gasteiger partial charge in [-0.15, -0.1) is 0 Å². The fraction of sp³-hybridized carbons (Fsp3) is 0.375. The molecule has 112 valence electrons. The van der Waals surface area contributed by atoms with Gasteiger partial charge in [-0.3, -0.25) is 0 Å². The molecule has 0 N–H and O–H groups in total. The Labute approximate surface area is 137 Å². The minimum atomic E-state index is -0.444. The summed E-state index contributed by atoms with van der Waals surface area (Å²) in [5, 5.41) is 0.415. The monoisotopic (exact) mass is 370 g/mol. The topological polar surface area (TPSA) is 25.8 Å². The van der Waals surface area contributed by atoms with E-state index in [1.807, 2.05) is 13.8 Å². The molecule has 1 aromatic heterocycles. The van der Waals surface area contributed by atoms with Crippen LogP contribution in [0.15, 0.2) is 28.7 Å². The summed E-state index contributed by atoms with van der Waals surface area (Å²) < 4.78 is 13.9. The molecule has 1 heterocycles. The molecule has 0 radical (unpaired) electrons. The number of aryl methyl sites for hydroxylation is 1. The second kappa shape index (κ2) is 6.41. The molecule has 0 aliphatic heterocycles. The Morgan fingerprint density at radius 3 is 2.38 bits per heavy atom. The highest BCUT2D eigenvalue weighted by atomic mass is 79.9. The number of hydrogen-bond donors (Lipinski definition) is 0. The van der Waals surface area contributed by atoms with Gasteiger partial charge >= 0.3 is 0 Å². The van der Waals surface area contributed by atoms with Gasteiger partial charge in [-0.1, -0.05) is 37.1 Å². The average molecular weight is 372 g/mol. The zero-order valence-electron chi connectivity index (χ0n) is 12.3. The molecule has 0 atom stereocenters. The predicted octanol–water partition coefficient (Wildman–Crippen LogP) is 5.31. The second-order valence-corrected chi connectivity index (χ2v) is 6.63. The van der Waals surface area contributed by atoms with Gasteiger partial charge in [-0.25, -0.2) is 14.4 Å².